The van der Waals surface area contributed by atoms with Crippen LogP contribution in [0.15, 0.2) is 18.3 Å². The second-order valence-corrected chi connectivity index (χ2v) is 3.34. The van der Waals surface area contributed by atoms with Crippen molar-refractivity contribution in [1.82, 2.24) is 9.88 Å². The fraction of sp³-hybridized carbons (Fsp3) is 0.400. The van der Waals surface area contributed by atoms with E-state index in [4.69, 9.17) is 11.1 Å². The number of rotatable bonds is 5. The summed E-state index contributed by atoms with van der Waals surface area (Å²) in [6.45, 7) is 1.56. The molecule has 1 aromatic heterocycles. The zero-order valence-corrected chi connectivity index (χ0v) is 8.77. The van der Waals surface area contributed by atoms with Gasteiger partial charge in [0.1, 0.15) is 5.82 Å². The molecule has 0 unspecified atom stereocenters. The van der Waals surface area contributed by atoms with E-state index < -0.39 is 0 Å². The van der Waals surface area contributed by atoms with Gasteiger partial charge in [0, 0.05) is 25.7 Å². The highest BCUT2D eigenvalue weighted by Gasteiger charge is 2.00. The van der Waals surface area contributed by atoms with E-state index in [1.807, 2.05) is 19.2 Å². The van der Waals surface area contributed by atoms with E-state index in [1.54, 1.807) is 6.20 Å². The Morgan fingerprint density at radius 1 is 1.67 bits per heavy atom. The molecule has 0 aliphatic rings. The summed E-state index contributed by atoms with van der Waals surface area (Å²) in [5.41, 5.74) is 3.63. The zero-order valence-electron chi connectivity index (χ0n) is 8.77. The number of nitrogen functional groups attached to an aromatic ring is 1. The molecule has 80 valence electrons. The maximum absolute atomic E-state index is 8.45. The van der Waals surface area contributed by atoms with Crippen LogP contribution in [0.3, 0.4) is 0 Å². The van der Waals surface area contributed by atoms with E-state index in [2.05, 4.69) is 21.4 Å². The minimum absolute atomic E-state index is 0.545. The van der Waals surface area contributed by atoms with Crippen LogP contribution >= 0.6 is 0 Å². The molecule has 0 saturated heterocycles. The third-order valence-corrected chi connectivity index (χ3v) is 2.03. The highest BCUT2D eigenvalue weighted by atomic mass is 15.2. The van der Waals surface area contributed by atoms with Crippen molar-refractivity contribution in [1.29, 1.82) is 5.26 Å². The molecule has 1 aromatic rings. The van der Waals surface area contributed by atoms with Gasteiger partial charge in [-0.25, -0.2) is 10.8 Å². The van der Waals surface area contributed by atoms with Crippen molar-refractivity contribution >= 4 is 5.82 Å². The molecule has 0 aliphatic carbocycles. The standard InChI is InChI=1S/C10H15N5/c1-15(6-2-4-11)8-9-3-5-13-10(7-9)14-12/h3,5,7H,2,6,8,12H2,1H3,(H,13,14). The number of nitrogens with one attached hydrogen (secondary N) is 1. The predicted molar refractivity (Wildman–Crippen MR) is 58.6 cm³/mol. The number of hydrogen-bond donors (Lipinski definition) is 2. The Bertz CT molecular complexity index is 344. The molecule has 0 aromatic carbocycles. The molecule has 0 amide bonds. The van der Waals surface area contributed by atoms with Crippen molar-refractivity contribution in [2.24, 2.45) is 5.84 Å². The lowest BCUT2D eigenvalue weighted by molar-refractivity contribution is 0.335. The van der Waals surface area contributed by atoms with Gasteiger partial charge in [-0.1, -0.05) is 0 Å². The van der Waals surface area contributed by atoms with Crippen molar-refractivity contribution in [3.8, 4) is 6.07 Å². The van der Waals surface area contributed by atoms with E-state index in [0.717, 1.165) is 18.7 Å². The molecule has 3 N–H and O–H groups in total. The first-order valence-electron chi connectivity index (χ1n) is 4.73. The summed E-state index contributed by atoms with van der Waals surface area (Å²) in [5, 5.41) is 8.45. The number of pyridine rings is 1. The third kappa shape index (κ3) is 3.94. The molecular weight excluding hydrogens is 190 g/mol. The molecule has 5 heteroatoms. The number of nitriles is 1. The van der Waals surface area contributed by atoms with Crippen molar-refractivity contribution < 1.29 is 0 Å². The Labute approximate surface area is 89.5 Å². The largest absolute Gasteiger partial charge is 0.308 e. The smallest absolute Gasteiger partial charge is 0.140 e. The summed E-state index contributed by atoms with van der Waals surface area (Å²) in [7, 11) is 1.98. The van der Waals surface area contributed by atoms with Gasteiger partial charge in [-0.15, -0.1) is 0 Å². The van der Waals surface area contributed by atoms with Crippen LogP contribution < -0.4 is 11.3 Å². The number of anilines is 1. The quantitative estimate of drug-likeness (QED) is 0.547. The molecule has 1 heterocycles. The van der Waals surface area contributed by atoms with Gasteiger partial charge in [-0.2, -0.15) is 5.26 Å². The van der Waals surface area contributed by atoms with E-state index in [9.17, 15) is 0 Å². The summed E-state index contributed by atoms with van der Waals surface area (Å²) in [6, 6.07) is 5.95. The van der Waals surface area contributed by atoms with Gasteiger partial charge in [-0.3, -0.25) is 0 Å². The third-order valence-electron chi connectivity index (χ3n) is 2.03. The molecule has 0 atom stereocenters. The van der Waals surface area contributed by atoms with Gasteiger partial charge in [0.15, 0.2) is 0 Å². The zero-order chi connectivity index (χ0) is 11.1. The van der Waals surface area contributed by atoms with Crippen LogP contribution in [0.25, 0.3) is 0 Å². The SMILES string of the molecule is CN(CCC#N)Cc1ccnc(NN)c1. The van der Waals surface area contributed by atoms with Crippen LogP contribution in [0.5, 0.6) is 0 Å². The van der Waals surface area contributed by atoms with Crippen molar-refractivity contribution in [3.63, 3.8) is 0 Å². The van der Waals surface area contributed by atoms with Crippen LogP contribution in [0.1, 0.15) is 12.0 Å². The second kappa shape index (κ2) is 5.96. The number of nitrogens with two attached hydrogens (primary N) is 1. The van der Waals surface area contributed by atoms with Gasteiger partial charge >= 0.3 is 0 Å². The number of hydrogen-bond acceptors (Lipinski definition) is 5. The molecule has 0 radical (unpaired) electrons. The fourth-order valence-corrected chi connectivity index (χ4v) is 1.28. The molecule has 0 aliphatic heterocycles. The van der Waals surface area contributed by atoms with Crippen molar-refractivity contribution in [2.75, 3.05) is 19.0 Å². The first-order valence-corrected chi connectivity index (χ1v) is 4.73. The van der Waals surface area contributed by atoms with Gasteiger partial charge in [0.25, 0.3) is 0 Å². The highest BCUT2D eigenvalue weighted by molar-refractivity contribution is 5.35. The molecule has 0 bridgehead atoms. The van der Waals surface area contributed by atoms with E-state index in [-0.39, 0.29) is 0 Å². The molecule has 0 spiro atoms. The van der Waals surface area contributed by atoms with E-state index in [0.29, 0.717) is 12.2 Å². The lowest BCUT2D eigenvalue weighted by Gasteiger charge is -2.14. The summed E-state index contributed by atoms with van der Waals surface area (Å²) in [6.07, 6.45) is 2.26. The average Bonchev–Trinajstić information content (AvgIpc) is 2.26. The van der Waals surface area contributed by atoms with Gasteiger partial charge < -0.3 is 10.3 Å². The predicted octanol–water partition coefficient (Wildman–Crippen LogP) is 0.713. The van der Waals surface area contributed by atoms with Gasteiger partial charge in [-0.05, 0) is 24.7 Å². The Morgan fingerprint density at radius 3 is 3.13 bits per heavy atom. The Kier molecular flexibility index (Phi) is 4.54. The van der Waals surface area contributed by atoms with E-state index >= 15 is 0 Å². The van der Waals surface area contributed by atoms with Crippen molar-refractivity contribution in [2.45, 2.75) is 13.0 Å². The fourth-order valence-electron chi connectivity index (χ4n) is 1.28. The molecule has 1 rings (SSSR count). The number of nitrogens with zero attached hydrogens (tertiary/aromatic N) is 3. The average molecular weight is 205 g/mol. The molecule has 5 nitrogen and oxygen atoms in total. The van der Waals surface area contributed by atoms with Crippen LogP contribution in [0, 0.1) is 11.3 Å². The number of aromatic nitrogens is 1. The first kappa shape index (κ1) is 11.4. The highest BCUT2D eigenvalue weighted by Crippen LogP contribution is 2.07. The molecule has 15 heavy (non-hydrogen) atoms. The summed E-state index contributed by atoms with van der Waals surface area (Å²) in [5.74, 6) is 5.91. The minimum Gasteiger partial charge on any atom is -0.308 e. The van der Waals surface area contributed by atoms with Crippen LogP contribution in [0.4, 0.5) is 5.82 Å². The molecule has 0 saturated carbocycles. The minimum atomic E-state index is 0.545. The van der Waals surface area contributed by atoms with Crippen LogP contribution in [-0.4, -0.2) is 23.5 Å². The molecular formula is C10H15N5. The monoisotopic (exact) mass is 205 g/mol. The number of hydrazine groups is 1. The lowest BCUT2D eigenvalue weighted by atomic mass is 10.2. The normalized spacial score (nSPS) is 10.0. The topological polar surface area (TPSA) is 78.0 Å². The van der Waals surface area contributed by atoms with Crippen molar-refractivity contribution in [3.05, 3.63) is 23.9 Å². The van der Waals surface area contributed by atoms with Crippen LogP contribution in [-0.2, 0) is 6.54 Å². The Morgan fingerprint density at radius 2 is 2.47 bits per heavy atom. The maximum atomic E-state index is 8.45. The summed E-state index contributed by atoms with van der Waals surface area (Å²) >= 11 is 0. The summed E-state index contributed by atoms with van der Waals surface area (Å²) in [4.78, 5) is 6.10. The van der Waals surface area contributed by atoms with Gasteiger partial charge in [0.2, 0.25) is 0 Å². The maximum Gasteiger partial charge on any atom is 0.140 e. The second-order valence-electron chi connectivity index (χ2n) is 3.34. The Hall–Kier alpha value is -1.64. The van der Waals surface area contributed by atoms with E-state index in [1.165, 1.54) is 0 Å². The first-order chi connectivity index (χ1) is 7.26. The lowest BCUT2D eigenvalue weighted by Crippen LogP contribution is -2.19. The Balaban J connectivity index is 2.52. The van der Waals surface area contributed by atoms with Crippen LogP contribution in [0.2, 0.25) is 0 Å². The van der Waals surface area contributed by atoms with Gasteiger partial charge in [0.05, 0.1) is 6.07 Å². The summed E-state index contributed by atoms with van der Waals surface area (Å²) < 4.78 is 0. The molecule has 0 fully saturated rings.